The van der Waals surface area contributed by atoms with Crippen molar-refractivity contribution in [1.82, 2.24) is 5.32 Å². The molecule has 0 saturated carbocycles. The van der Waals surface area contributed by atoms with Crippen LogP contribution in [0, 0.1) is 0 Å². The third-order valence-electron chi connectivity index (χ3n) is 4.95. The summed E-state index contributed by atoms with van der Waals surface area (Å²) in [5.41, 5.74) is 5.01. The topological polar surface area (TPSA) is 61.4 Å². The fourth-order valence-electron chi connectivity index (χ4n) is 3.14. The molecule has 0 atom stereocenters. The van der Waals surface area contributed by atoms with Crippen molar-refractivity contribution in [3.63, 3.8) is 0 Å². The Balaban J connectivity index is 1.65. The molecule has 0 bridgehead atoms. The zero-order chi connectivity index (χ0) is 17.2. The molecule has 126 valence electrons. The van der Waals surface area contributed by atoms with Crippen molar-refractivity contribution in [2.45, 2.75) is 38.7 Å². The number of nitrogens with one attached hydrogen (secondary N) is 2. The van der Waals surface area contributed by atoms with Crippen molar-refractivity contribution in [3.05, 3.63) is 53.6 Å². The maximum Gasteiger partial charge on any atom is 0.319 e. The minimum absolute atomic E-state index is 0.252. The summed E-state index contributed by atoms with van der Waals surface area (Å²) in [5, 5.41) is 15.8. The van der Waals surface area contributed by atoms with Gasteiger partial charge in [-0.2, -0.15) is 0 Å². The van der Waals surface area contributed by atoms with Gasteiger partial charge in [0.15, 0.2) is 0 Å². The number of aliphatic hydroxyl groups is 1. The second-order valence-electron chi connectivity index (χ2n) is 6.44. The van der Waals surface area contributed by atoms with Crippen LogP contribution in [0.5, 0.6) is 0 Å². The van der Waals surface area contributed by atoms with Crippen LogP contribution in [0.4, 0.5) is 10.5 Å². The molecule has 0 aromatic heterocycles. The Morgan fingerprint density at radius 2 is 1.79 bits per heavy atom. The van der Waals surface area contributed by atoms with Gasteiger partial charge in [-0.3, -0.25) is 0 Å². The first-order chi connectivity index (χ1) is 11.5. The van der Waals surface area contributed by atoms with E-state index in [-0.39, 0.29) is 12.6 Å². The first-order valence-corrected chi connectivity index (χ1v) is 8.53. The van der Waals surface area contributed by atoms with Crippen LogP contribution < -0.4 is 10.6 Å². The highest BCUT2D eigenvalue weighted by molar-refractivity contribution is 5.90. The van der Waals surface area contributed by atoms with Crippen LogP contribution in [-0.4, -0.2) is 23.3 Å². The first kappa shape index (κ1) is 16.5. The summed E-state index contributed by atoms with van der Waals surface area (Å²) in [5.74, 6) is 0. The summed E-state index contributed by atoms with van der Waals surface area (Å²) >= 11 is 0. The molecule has 0 radical (unpaired) electrons. The van der Waals surface area contributed by atoms with E-state index in [2.05, 4.69) is 41.0 Å². The van der Waals surface area contributed by atoms with E-state index < -0.39 is 5.60 Å². The van der Waals surface area contributed by atoms with E-state index in [0.717, 1.165) is 12.1 Å². The highest BCUT2D eigenvalue weighted by atomic mass is 16.3. The van der Waals surface area contributed by atoms with Crippen LogP contribution in [0.15, 0.2) is 42.5 Å². The van der Waals surface area contributed by atoms with Gasteiger partial charge in [0.2, 0.25) is 0 Å². The van der Waals surface area contributed by atoms with E-state index in [1.165, 1.54) is 22.3 Å². The van der Waals surface area contributed by atoms with Crippen molar-refractivity contribution < 1.29 is 9.90 Å². The Hall–Kier alpha value is -2.33. The molecular formula is C20H24N2O2. The quantitative estimate of drug-likeness (QED) is 0.666. The Morgan fingerprint density at radius 3 is 2.54 bits per heavy atom. The third kappa shape index (κ3) is 3.29. The summed E-state index contributed by atoms with van der Waals surface area (Å²) in [4.78, 5) is 12.1. The monoisotopic (exact) mass is 324 g/mol. The zero-order valence-corrected chi connectivity index (χ0v) is 14.2. The van der Waals surface area contributed by atoms with Gasteiger partial charge in [0.25, 0.3) is 0 Å². The molecule has 2 aromatic rings. The summed E-state index contributed by atoms with van der Waals surface area (Å²) < 4.78 is 0. The van der Waals surface area contributed by atoms with Gasteiger partial charge < -0.3 is 15.7 Å². The highest BCUT2D eigenvalue weighted by Gasteiger charge is 2.23. The molecule has 2 amide bonds. The molecule has 4 nitrogen and oxygen atoms in total. The first-order valence-electron chi connectivity index (χ1n) is 8.53. The van der Waals surface area contributed by atoms with Gasteiger partial charge in [0.05, 0.1) is 5.60 Å². The Kier molecular flexibility index (Phi) is 4.58. The van der Waals surface area contributed by atoms with E-state index in [1.807, 2.05) is 26.0 Å². The van der Waals surface area contributed by atoms with E-state index in [0.29, 0.717) is 12.8 Å². The van der Waals surface area contributed by atoms with Gasteiger partial charge in [0, 0.05) is 12.2 Å². The lowest BCUT2D eigenvalue weighted by molar-refractivity contribution is 0.0354. The average molecular weight is 324 g/mol. The van der Waals surface area contributed by atoms with Crippen molar-refractivity contribution in [1.29, 1.82) is 0 Å². The number of hydrogen-bond acceptors (Lipinski definition) is 2. The summed E-state index contributed by atoms with van der Waals surface area (Å²) in [7, 11) is 0. The van der Waals surface area contributed by atoms with Gasteiger partial charge in [0.1, 0.15) is 0 Å². The van der Waals surface area contributed by atoms with Crippen LogP contribution in [0.3, 0.4) is 0 Å². The molecule has 0 spiro atoms. The molecule has 3 rings (SSSR count). The molecule has 24 heavy (non-hydrogen) atoms. The molecule has 1 aliphatic carbocycles. The van der Waals surface area contributed by atoms with Crippen molar-refractivity contribution in [3.8, 4) is 11.1 Å². The van der Waals surface area contributed by atoms with Gasteiger partial charge in [-0.1, -0.05) is 44.2 Å². The summed E-state index contributed by atoms with van der Waals surface area (Å²) in [6.07, 6.45) is 2.12. The van der Waals surface area contributed by atoms with Crippen LogP contribution >= 0.6 is 0 Å². The van der Waals surface area contributed by atoms with Gasteiger partial charge in [-0.15, -0.1) is 0 Å². The number of amides is 2. The average Bonchev–Trinajstić information content (AvgIpc) is 2.97. The lowest BCUT2D eigenvalue weighted by atomic mass is 9.98. The Bertz CT molecular complexity index is 751. The summed E-state index contributed by atoms with van der Waals surface area (Å²) in [6, 6.07) is 14.1. The molecule has 0 fully saturated rings. The summed E-state index contributed by atoms with van der Waals surface area (Å²) in [6.45, 7) is 4.09. The lowest BCUT2D eigenvalue weighted by Gasteiger charge is -2.25. The third-order valence-corrected chi connectivity index (χ3v) is 4.95. The van der Waals surface area contributed by atoms with Crippen molar-refractivity contribution in [2.24, 2.45) is 0 Å². The number of benzene rings is 2. The molecule has 0 aliphatic heterocycles. The number of carbonyl (C=O) groups is 1. The van der Waals surface area contributed by atoms with Crippen LogP contribution in [-0.2, 0) is 6.42 Å². The molecule has 0 unspecified atom stereocenters. The Morgan fingerprint density at radius 1 is 1.08 bits per heavy atom. The smallest absolute Gasteiger partial charge is 0.319 e. The predicted molar refractivity (Wildman–Crippen MR) is 97.2 cm³/mol. The van der Waals surface area contributed by atoms with Gasteiger partial charge in [-0.05, 0) is 53.6 Å². The second-order valence-corrected chi connectivity index (χ2v) is 6.44. The molecule has 1 aliphatic rings. The maximum absolute atomic E-state index is 12.1. The largest absolute Gasteiger partial charge is 0.388 e. The minimum Gasteiger partial charge on any atom is -0.388 e. The lowest BCUT2D eigenvalue weighted by Crippen LogP contribution is -2.43. The van der Waals surface area contributed by atoms with Gasteiger partial charge >= 0.3 is 6.03 Å². The SMILES string of the molecule is CCC(O)(CC)CNC(=O)Nc1ccc2c(c1)Cc1ccccc1-2. The number of urea groups is 1. The van der Waals surface area contributed by atoms with Crippen molar-refractivity contribution in [2.75, 3.05) is 11.9 Å². The van der Waals surface area contributed by atoms with E-state index in [9.17, 15) is 9.90 Å². The second kappa shape index (κ2) is 6.65. The minimum atomic E-state index is -0.836. The molecular weight excluding hydrogens is 300 g/mol. The maximum atomic E-state index is 12.1. The van der Waals surface area contributed by atoms with Crippen LogP contribution in [0.2, 0.25) is 0 Å². The molecule has 3 N–H and O–H groups in total. The van der Waals surface area contributed by atoms with E-state index in [1.54, 1.807) is 0 Å². The number of anilines is 1. The van der Waals surface area contributed by atoms with E-state index >= 15 is 0 Å². The number of hydrogen-bond donors (Lipinski definition) is 3. The standard InChI is InChI=1S/C20H24N2O2/c1-3-20(24,4-2)13-21-19(23)22-16-9-10-18-15(12-16)11-14-7-5-6-8-17(14)18/h5-10,12,24H,3-4,11,13H2,1-2H3,(H2,21,22,23). The highest BCUT2D eigenvalue weighted by Crippen LogP contribution is 2.37. The molecule has 0 heterocycles. The van der Waals surface area contributed by atoms with E-state index in [4.69, 9.17) is 0 Å². The number of rotatable bonds is 5. The number of carbonyl (C=O) groups excluding carboxylic acids is 1. The van der Waals surface area contributed by atoms with Crippen molar-refractivity contribution >= 4 is 11.7 Å². The fraction of sp³-hybridized carbons (Fsp3) is 0.350. The molecule has 2 aromatic carbocycles. The van der Waals surface area contributed by atoms with Gasteiger partial charge in [-0.25, -0.2) is 4.79 Å². The van der Waals surface area contributed by atoms with Crippen LogP contribution in [0.25, 0.3) is 11.1 Å². The zero-order valence-electron chi connectivity index (χ0n) is 14.2. The van der Waals surface area contributed by atoms with Crippen LogP contribution in [0.1, 0.15) is 37.8 Å². The molecule has 0 saturated heterocycles. The molecule has 4 heteroatoms. The normalized spacial score (nSPS) is 12.5. The predicted octanol–water partition coefficient (Wildman–Crippen LogP) is 3.93. The Labute approximate surface area is 142 Å². The fourth-order valence-corrected chi connectivity index (χ4v) is 3.14. The number of fused-ring (bicyclic) bond motifs is 3.